The molecule has 0 aromatic heterocycles. The number of amides is 6. The molecule has 6 aliphatic rings. The van der Waals surface area contributed by atoms with Crippen LogP contribution in [-0.2, 0) is 154 Å². The topological polar surface area (TPSA) is 760 Å². The molecular weight excluding hydrogens is 1840 g/mol. The van der Waals surface area contributed by atoms with E-state index < -0.39 is 314 Å². The minimum atomic E-state index is -5.56. The third-order valence-corrected chi connectivity index (χ3v) is 25.3. The van der Waals surface area contributed by atoms with Gasteiger partial charge in [0.15, 0.2) is 37.7 Å². The average Bonchev–Trinajstić information content (AvgIpc) is 1.77. The number of phosphoric acid groups is 5. The molecule has 8 unspecified atom stereocenters. The number of phosphoric ester groups is 5. The fraction of sp³-hybridized carbons (Fsp3) is 0.915. The number of ether oxygens (including phenoxy) is 12. The zero-order valence-electron chi connectivity index (χ0n) is 72.1. The molecule has 29 atom stereocenters. The van der Waals surface area contributed by atoms with Crippen molar-refractivity contribution in [3.8, 4) is 0 Å². The third kappa shape index (κ3) is 42.2. The summed E-state index contributed by atoms with van der Waals surface area (Å²) in [4.78, 5) is 138. The molecule has 0 aromatic rings. The van der Waals surface area contributed by atoms with Crippen LogP contribution in [0.5, 0.6) is 0 Å². The molecular formula is C71H126N6O47P5-5. The lowest BCUT2D eigenvalue weighted by molar-refractivity contribution is -0.268. The van der Waals surface area contributed by atoms with Gasteiger partial charge < -0.3 is 204 Å². The lowest BCUT2D eigenvalue weighted by atomic mass is 9.89. The largest absolute Gasteiger partial charge is 0.756 e. The third-order valence-electron chi connectivity index (χ3n) is 20.2. The summed E-state index contributed by atoms with van der Waals surface area (Å²) >= 11 is 0. The first kappa shape index (κ1) is 114. The van der Waals surface area contributed by atoms with Crippen LogP contribution in [-0.4, -0.2) is 355 Å². The van der Waals surface area contributed by atoms with Crippen molar-refractivity contribution in [2.45, 2.75) is 279 Å². The van der Waals surface area contributed by atoms with Crippen LogP contribution >= 0.6 is 39.1 Å². The first-order chi connectivity index (χ1) is 61.1. The lowest BCUT2D eigenvalue weighted by Crippen LogP contribution is -2.64. The maximum absolute atomic E-state index is 13.4. The standard InChI is InChI=1S/C71H131N6O47P5/c1-6-22-109-127(97,98)123-47-31-59(104-24-17-11-8-13-19-72-55(85)39-106-69-61(75-43(3)82)42(2)64(88)50(34-79)119-69)117-53(47)37-114-126(95,96)111-27-29-113-129(101,102)124-48-32-60(105-25-18-12-9-15-21-74-57(87)41-108-71-63(77-45(5)84)68(92)66(90)52(36-81)121-71)118-54(48)38-115-125(93,94)110-26-28-112-128(99,100)122-46-30-58(116-49(46)33-78)103-23-16-10-7-14-20-73-56(86)40-107-70-62(76-44(4)83)67(91)65(89)51(35-80)120-70/h42,46-54,58-71,78-81,88-92H,6-41H2,1-5H3,(H,72,85)(H,73,86)(H,74,87)(H,75,82)(H,76,83)(H,77,84)(H,93,94)(H,95,96)(H,97,98)(H,99,100)(H,101,102)/p-5/t42-,46?,47-,48?,49-,50-,51-,52-,53?,54-,58-,59-,60-,61-,62-,63-,64-,65+,66+,67-,68-,69-,70-,71-/m1/s1. The normalized spacial score (nSPS) is 31.9. The Morgan fingerprint density at radius 2 is 0.628 bits per heavy atom. The van der Waals surface area contributed by atoms with Gasteiger partial charge in [-0.1, -0.05) is 52.4 Å². The van der Waals surface area contributed by atoms with Gasteiger partial charge in [0.1, 0.15) is 92.9 Å². The molecule has 6 heterocycles. The predicted octanol–water partition coefficient (Wildman–Crippen LogP) is -6.42. The van der Waals surface area contributed by atoms with Crippen LogP contribution < -0.4 is 56.4 Å². The van der Waals surface area contributed by atoms with Crippen molar-refractivity contribution in [3.05, 3.63) is 0 Å². The number of unbranched alkanes of at least 4 members (excludes halogenated alkanes) is 9. The zero-order chi connectivity index (χ0) is 95.1. The highest BCUT2D eigenvalue weighted by atomic mass is 31.2. The Kier molecular flexibility index (Phi) is 51.6. The van der Waals surface area contributed by atoms with E-state index in [1.807, 2.05) is 0 Å². The fourth-order valence-electron chi connectivity index (χ4n) is 13.7. The van der Waals surface area contributed by atoms with E-state index in [4.69, 9.17) is 102 Å². The first-order valence-electron chi connectivity index (χ1n) is 42.3. The van der Waals surface area contributed by atoms with E-state index in [2.05, 4.69) is 31.9 Å². The number of aliphatic hydroxyl groups excluding tert-OH is 9. The Morgan fingerprint density at radius 3 is 0.953 bits per heavy atom. The molecule has 0 radical (unpaired) electrons. The Hall–Kier alpha value is -3.47. The molecule has 0 aromatic carbocycles. The summed E-state index contributed by atoms with van der Waals surface area (Å²) in [6.07, 6.45) is -21.5. The van der Waals surface area contributed by atoms with E-state index in [0.717, 1.165) is 13.8 Å². The molecule has 0 saturated carbocycles. The summed E-state index contributed by atoms with van der Waals surface area (Å²) in [6, 6.07) is -3.32. The second-order valence-corrected chi connectivity index (χ2v) is 37.5. The Morgan fingerprint density at radius 1 is 0.341 bits per heavy atom. The fourth-order valence-corrected chi connectivity index (χ4v) is 18.0. The van der Waals surface area contributed by atoms with Gasteiger partial charge in [-0.2, -0.15) is 0 Å². The van der Waals surface area contributed by atoms with Crippen molar-refractivity contribution < 1.29 is 224 Å². The minimum absolute atomic E-state index is 0.0489. The molecule has 6 fully saturated rings. The maximum atomic E-state index is 13.4. The number of carbonyl (C=O) groups excluding carboxylic acids is 6. The summed E-state index contributed by atoms with van der Waals surface area (Å²) in [5.41, 5.74) is 0. The molecule has 6 rings (SSSR count). The molecule has 0 spiro atoms. The second-order valence-electron chi connectivity index (χ2n) is 30.6. The summed E-state index contributed by atoms with van der Waals surface area (Å²) in [5, 5.41) is 106. The minimum Gasteiger partial charge on any atom is -0.756 e. The average molecular weight is 1970 g/mol. The van der Waals surface area contributed by atoms with E-state index in [1.165, 1.54) is 6.92 Å². The highest BCUT2D eigenvalue weighted by molar-refractivity contribution is 7.47. The van der Waals surface area contributed by atoms with E-state index >= 15 is 0 Å². The molecule has 6 saturated heterocycles. The Labute approximate surface area is 744 Å². The molecule has 129 heavy (non-hydrogen) atoms. The van der Waals surface area contributed by atoms with E-state index in [9.17, 15) is 122 Å². The van der Waals surface area contributed by atoms with Crippen molar-refractivity contribution in [3.63, 3.8) is 0 Å². The van der Waals surface area contributed by atoms with Crippen LogP contribution in [0.2, 0.25) is 0 Å². The molecule has 53 nitrogen and oxygen atoms in total. The van der Waals surface area contributed by atoms with Gasteiger partial charge in [0, 0.05) is 85.4 Å². The molecule has 6 aliphatic heterocycles. The number of carbonyl (C=O) groups is 6. The van der Waals surface area contributed by atoms with Crippen LogP contribution in [0, 0.1) is 5.92 Å². The molecule has 0 bridgehead atoms. The molecule has 15 N–H and O–H groups in total. The van der Waals surface area contributed by atoms with Crippen LogP contribution in [0.1, 0.15) is 137 Å². The predicted molar refractivity (Wildman–Crippen MR) is 421 cm³/mol. The van der Waals surface area contributed by atoms with Gasteiger partial charge in [0.25, 0.3) is 39.1 Å². The van der Waals surface area contributed by atoms with Gasteiger partial charge >= 0.3 is 0 Å². The van der Waals surface area contributed by atoms with Crippen LogP contribution in [0.4, 0.5) is 0 Å². The van der Waals surface area contributed by atoms with Gasteiger partial charge in [-0.3, -0.25) is 51.6 Å². The summed E-state index contributed by atoms with van der Waals surface area (Å²) in [7, 11) is -26.8. The number of hydrogen-bond donors (Lipinski definition) is 15. The van der Waals surface area contributed by atoms with Gasteiger partial charge in [-0.25, -0.2) is 0 Å². The highest BCUT2D eigenvalue weighted by Gasteiger charge is 2.50. The molecule has 6 amide bonds. The van der Waals surface area contributed by atoms with Crippen LogP contribution in [0.25, 0.3) is 0 Å². The van der Waals surface area contributed by atoms with E-state index in [-0.39, 0.29) is 65.3 Å². The number of nitrogens with one attached hydrogen (secondary N) is 6. The van der Waals surface area contributed by atoms with Crippen molar-refractivity contribution in [2.24, 2.45) is 5.92 Å². The number of rotatable bonds is 65. The molecule has 58 heteroatoms. The van der Waals surface area contributed by atoms with E-state index in [1.54, 1.807) is 13.8 Å². The van der Waals surface area contributed by atoms with Gasteiger partial charge in [0.2, 0.25) is 35.4 Å². The van der Waals surface area contributed by atoms with Gasteiger partial charge in [0.05, 0.1) is 103 Å². The van der Waals surface area contributed by atoms with Crippen LogP contribution in [0.3, 0.4) is 0 Å². The summed E-state index contributed by atoms with van der Waals surface area (Å²) in [5.74, 6) is -3.84. The van der Waals surface area contributed by atoms with Crippen molar-refractivity contribution >= 4 is 74.6 Å². The highest BCUT2D eigenvalue weighted by Crippen LogP contribution is 2.49. The van der Waals surface area contributed by atoms with Crippen molar-refractivity contribution in [1.29, 1.82) is 0 Å². The number of aliphatic hydroxyl groups is 9. The lowest BCUT2D eigenvalue weighted by Gasteiger charge is -2.43. The van der Waals surface area contributed by atoms with Gasteiger partial charge in [-0.15, -0.1) is 0 Å². The monoisotopic (exact) mass is 1970 g/mol. The van der Waals surface area contributed by atoms with Crippen molar-refractivity contribution in [2.75, 3.05) is 132 Å². The summed E-state index contributed by atoms with van der Waals surface area (Å²) < 4.78 is 182. The molecule has 0 aliphatic carbocycles. The van der Waals surface area contributed by atoms with Gasteiger partial charge in [-0.05, 0) is 44.9 Å². The molecule has 752 valence electrons. The van der Waals surface area contributed by atoms with Crippen molar-refractivity contribution in [1.82, 2.24) is 31.9 Å². The maximum Gasteiger partial charge on any atom is 0.268 e. The quantitative estimate of drug-likeness (QED) is 0.0199. The van der Waals surface area contributed by atoms with E-state index in [0.29, 0.717) is 77.0 Å². The second kappa shape index (κ2) is 58.3. The smallest absolute Gasteiger partial charge is 0.268 e. The first-order valence-corrected chi connectivity index (χ1v) is 49.6. The number of hydrogen-bond acceptors (Lipinski definition) is 47. The zero-order valence-corrected chi connectivity index (χ0v) is 76.6. The van der Waals surface area contributed by atoms with Crippen LogP contribution in [0.15, 0.2) is 0 Å². The Bertz CT molecular complexity index is 3590. The Balaban J connectivity index is 0.924. The summed E-state index contributed by atoms with van der Waals surface area (Å²) in [6.45, 7) is -2.93. The SMILES string of the molecule is CCCOP(=O)([O-])O[C@@H]1C[C@H](OCCCCCCNC(=O)CO[C@@H]2O[C@H](CO)[C@H](O)[C@H](C)[C@H]2NC(C)=O)OC1COP(=O)([O-])OCCOP(=O)([O-])OC1C[C@H](OCCCCCCNC(=O)CO[C@@H]2O[C@H](CO)[C@H](O)[C@H](O)[C@H]2NC(C)=O)O[C@@H]1COP(=O)([O-])OCCOP(=O)([O-])OC1C[C@H](OCCCCCCNC(=O)CO[C@@H]2O[C@H](CO)[C@H](O)[C@H](O)[C@H]2NC(C)=O)O[C@@H]1CO.